The van der Waals surface area contributed by atoms with Crippen molar-refractivity contribution in [2.75, 3.05) is 6.54 Å². The molecule has 0 atom stereocenters. The maximum absolute atomic E-state index is 10.9. The highest BCUT2D eigenvalue weighted by Gasteiger charge is 2.13. The van der Waals surface area contributed by atoms with Crippen LogP contribution in [0, 0.1) is 0 Å². The number of ketones is 1. The molecule has 0 radical (unpaired) electrons. The van der Waals surface area contributed by atoms with E-state index in [1.54, 1.807) is 0 Å². The number of amides is 1. The second-order valence-electron chi connectivity index (χ2n) is 2.57. The summed E-state index contributed by atoms with van der Waals surface area (Å²) in [7, 11) is 0. The van der Waals surface area contributed by atoms with Crippen LogP contribution < -0.4 is 5.32 Å². The third-order valence-corrected chi connectivity index (χ3v) is 1.35. The molecule has 74 valence electrons. The van der Waals surface area contributed by atoms with Crippen molar-refractivity contribution in [3.8, 4) is 0 Å². The smallest absolute Gasteiger partial charge is 0.303 e. The molecule has 0 heterocycles. The first-order chi connectivity index (χ1) is 6.07. The van der Waals surface area contributed by atoms with Crippen molar-refractivity contribution < 1.29 is 19.5 Å². The quantitative estimate of drug-likeness (QED) is 0.571. The molecular weight excluding hydrogens is 174 g/mol. The number of carboxylic acid groups (broad SMARTS) is 1. The lowest BCUT2D eigenvalue weighted by Crippen LogP contribution is -2.31. The Morgan fingerprint density at radius 1 is 1.23 bits per heavy atom. The van der Waals surface area contributed by atoms with Crippen LogP contribution in [0.25, 0.3) is 0 Å². The van der Waals surface area contributed by atoms with Crippen LogP contribution in [0.15, 0.2) is 0 Å². The Morgan fingerprint density at radius 3 is 2.31 bits per heavy atom. The molecule has 0 unspecified atom stereocenters. The molecule has 0 aliphatic heterocycles. The van der Waals surface area contributed by atoms with Crippen LogP contribution in [0.3, 0.4) is 0 Å². The molecule has 0 aromatic carbocycles. The molecule has 13 heavy (non-hydrogen) atoms. The number of carbonyl (C=O) groups is 3. The first-order valence-corrected chi connectivity index (χ1v) is 4.10. The molecule has 0 aromatic heterocycles. The van der Waals surface area contributed by atoms with Crippen LogP contribution in [0.2, 0.25) is 0 Å². The number of nitrogens with one attached hydrogen (secondary N) is 1. The average Bonchev–Trinajstić information content (AvgIpc) is 2.10. The summed E-state index contributed by atoms with van der Waals surface area (Å²) in [6.07, 6.45) is 0.223. The van der Waals surface area contributed by atoms with E-state index in [1.165, 1.54) is 0 Å². The molecule has 1 amide bonds. The first kappa shape index (κ1) is 11.6. The van der Waals surface area contributed by atoms with Gasteiger partial charge in [-0.15, -0.1) is 0 Å². The van der Waals surface area contributed by atoms with Gasteiger partial charge in [0.05, 0.1) is 6.42 Å². The Balaban J connectivity index is 3.70. The number of hydrogen-bond donors (Lipinski definition) is 2. The van der Waals surface area contributed by atoms with Gasteiger partial charge in [-0.3, -0.25) is 14.4 Å². The summed E-state index contributed by atoms with van der Waals surface area (Å²) in [5, 5.41) is 10.6. The lowest BCUT2D eigenvalue weighted by molar-refractivity contribution is -0.141. The van der Waals surface area contributed by atoms with Crippen LogP contribution in [0.4, 0.5) is 0 Å². The van der Waals surface area contributed by atoms with Crippen LogP contribution in [-0.4, -0.2) is 29.3 Å². The highest BCUT2D eigenvalue weighted by atomic mass is 16.4. The molecule has 0 fully saturated rings. The predicted octanol–water partition coefficient (Wildman–Crippen LogP) is -0.0535. The number of aliphatic carboxylic acids is 1. The molecule has 2 N–H and O–H groups in total. The first-order valence-electron chi connectivity index (χ1n) is 4.10. The van der Waals surface area contributed by atoms with Gasteiger partial charge in [0.25, 0.3) is 5.91 Å². The van der Waals surface area contributed by atoms with Gasteiger partial charge in [0.15, 0.2) is 0 Å². The summed E-state index contributed by atoms with van der Waals surface area (Å²) >= 11 is 0. The molecule has 0 bridgehead atoms. The number of hydrogen-bond acceptors (Lipinski definition) is 3. The average molecular weight is 187 g/mol. The largest absolute Gasteiger partial charge is 0.481 e. The number of rotatable bonds is 6. The molecule has 0 aromatic rings. The van der Waals surface area contributed by atoms with E-state index in [-0.39, 0.29) is 12.8 Å². The molecule has 5 nitrogen and oxygen atoms in total. The maximum atomic E-state index is 10.9. The van der Waals surface area contributed by atoms with Crippen molar-refractivity contribution in [2.24, 2.45) is 0 Å². The van der Waals surface area contributed by atoms with Gasteiger partial charge in [-0.25, -0.2) is 0 Å². The molecule has 0 saturated carbocycles. The van der Waals surface area contributed by atoms with Crippen LogP contribution in [-0.2, 0) is 14.4 Å². The third-order valence-electron chi connectivity index (χ3n) is 1.35. The number of carbonyl (C=O) groups excluding carboxylic acids is 2. The van der Waals surface area contributed by atoms with Crippen molar-refractivity contribution in [1.82, 2.24) is 5.32 Å². The summed E-state index contributed by atoms with van der Waals surface area (Å²) in [6, 6.07) is 0. The Labute approximate surface area is 76.1 Å². The minimum absolute atomic E-state index is 0.231. The minimum Gasteiger partial charge on any atom is -0.481 e. The summed E-state index contributed by atoms with van der Waals surface area (Å²) in [5.41, 5.74) is 0. The van der Waals surface area contributed by atoms with Gasteiger partial charge in [-0.05, 0) is 6.42 Å². The van der Waals surface area contributed by atoms with Gasteiger partial charge >= 0.3 is 5.97 Å². The molecule has 0 aliphatic carbocycles. The minimum atomic E-state index is -1.07. The molecular formula is C8H13NO4. The fraction of sp³-hybridized carbons (Fsp3) is 0.625. The second kappa shape index (κ2) is 6.16. The number of Topliss-reactive ketones (excluding diaryl/α,β-unsaturated/α-hetero) is 1. The lowest BCUT2D eigenvalue weighted by atomic mass is 10.2. The van der Waals surface area contributed by atoms with Crippen molar-refractivity contribution >= 4 is 17.7 Å². The van der Waals surface area contributed by atoms with Crippen molar-refractivity contribution in [2.45, 2.75) is 26.2 Å². The fourth-order valence-electron chi connectivity index (χ4n) is 0.671. The van der Waals surface area contributed by atoms with Crippen LogP contribution in [0.1, 0.15) is 26.2 Å². The Morgan fingerprint density at radius 2 is 1.85 bits per heavy atom. The topological polar surface area (TPSA) is 83.5 Å². The third kappa shape index (κ3) is 5.84. The summed E-state index contributed by atoms with van der Waals surface area (Å²) in [4.78, 5) is 31.8. The van der Waals surface area contributed by atoms with Crippen LogP contribution >= 0.6 is 0 Å². The predicted molar refractivity (Wildman–Crippen MR) is 45.2 cm³/mol. The van der Waals surface area contributed by atoms with Crippen LogP contribution in [0.5, 0.6) is 0 Å². The Bertz CT molecular complexity index is 212. The summed E-state index contributed by atoms with van der Waals surface area (Å²) in [5.74, 6) is -2.43. The van der Waals surface area contributed by atoms with E-state index in [9.17, 15) is 14.4 Å². The van der Waals surface area contributed by atoms with Gasteiger partial charge in [0.2, 0.25) is 5.78 Å². The van der Waals surface area contributed by atoms with Gasteiger partial charge in [-0.1, -0.05) is 6.92 Å². The Hall–Kier alpha value is -1.39. The summed E-state index contributed by atoms with van der Waals surface area (Å²) in [6.45, 7) is 2.31. The van der Waals surface area contributed by atoms with E-state index in [1.807, 2.05) is 6.92 Å². The maximum Gasteiger partial charge on any atom is 0.303 e. The van der Waals surface area contributed by atoms with Gasteiger partial charge in [-0.2, -0.15) is 0 Å². The van der Waals surface area contributed by atoms with Gasteiger partial charge in [0.1, 0.15) is 0 Å². The zero-order valence-electron chi connectivity index (χ0n) is 7.50. The SMILES string of the molecule is CCCNC(=O)C(=O)CCC(=O)O. The lowest BCUT2D eigenvalue weighted by Gasteiger charge is -2.00. The van der Waals surface area contributed by atoms with Crippen molar-refractivity contribution in [1.29, 1.82) is 0 Å². The zero-order valence-corrected chi connectivity index (χ0v) is 7.50. The van der Waals surface area contributed by atoms with Crippen molar-refractivity contribution in [3.63, 3.8) is 0 Å². The Kier molecular flexibility index (Phi) is 5.50. The monoisotopic (exact) mass is 187 g/mol. The van der Waals surface area contributed by atoms with Gasteiger partial charge < -0.3 is 10.4 Å². The van der Waals surface area contributed by atoms with E-state index in [4.69, 9.17) is 5.11 Å². The van der Waals surface area contributed by atoms with E-state index < -0.39 is 17.7 Å². The molecule has 5 heteroatoms. The van der Waals surface area contributed by atoms with Gasteiger partial charge in [0, 0.05) is 13.0 Å². The number of carboxylic acids is 1. The molecule has 0 aliphatic rings. The standard InChI is InChI=1S/C8H13NO4/c1-2-5-9-8(13)6(10)3-4-7(11)12/h2-5H2,1H3,(H,9,13)(H,11,12). The normalized spacial score (nSPS) is 9.31. The highest BCUT2D eigenvalue weighted by molar-refractivity contribution is 6.36. The van der Waals surface area contributed by atoms with Crippen molar-refractivity contribution in [3.05, 3.63) is 0 Å². The van der Waals surface area contributed by atoms with E-state index in [0.717, 1.165) is 6.42 Å². The fourth-order valence-corrected chi connectivity index (χ4v) is 0.671. The summed E-state index contributed by atoms with van der Waals surface area (Å²) < 4.78 is 0. The molecule has 0 rings (SSSR count). The van der Waals surface area contributed by atoms with E-state index >= 15 is 0 Å². The van der Waals surface area contributed by atoms with E-state index in [0.29, 0.717) is 6.54 Å². The molecule has 0 saturated heterocycles. The zero-order chi connectivity index (χ0) is 10.3. The highest BCUT2D eigenvalue weighted by Crippen LogP contribution is 1.91. The molecule has 0 spiro atoms. The van der Waals surface area contributed by atoms with E-state index in [2.05, 4.69) is 5.32 Å². The second-order valence-corrected chi connectivity index (χ2v) is 2.57.